The molecule has 0 bridgehead atoms. The van der Waals surface area contributed by atoms with Crippen LogP contribution in [0.2, 0.25) is 0 Å². The molecule has 0 amide bonds. The molecule has 130 valence electrons. The molecule has 2 atom stereocenters. The van der Waals surface area contributed by atoms with Crippen molar-refractivity contribution in [3.8, 4) is 0 Å². The van der Waals surface area contributed by atoms with Crippen LogP contribution in [0.4, 0.5) is 0 Å². The van der Waals surface area contributed by atoms with E-state index in [1.807, 2.05) is 45.1 Å². The van der Waals surface area contributed by atoms with Gasteiger partial charge in [-0.05, 0) is 24.3 Å². The average molecular weight is 431 g/mol. The van der Waals surface area contributed by atoms with E-state index in [9.17, 15) is 0 Å². The third-order valence-electron chi connectivity index (χ3n) is 3.09. The third-order valence-corrected chi connectivity index (χ3v) is 9.87. The lowest BCUT2D eigenvalue weighted by Gasteiger charge is -2.16. The molecule has 0 spiro atoms. The Kier molecular flexibility index (Phi) is 11.1. The lowest BCUT2D eigenvalue weighted by Crippen LogP contribution is -2.09. The van der Waals surface area contributed by atoms with Crippen LogP contribution in [-0.4, -0.2) is 33.5 Å². The van der Waals surface area contributed by atoms with E-state index in [0.29, 0.717) is 10.5 Å². The fraction of sp³-hybridized carbons (Fsp3) is 0.333. The molecule has 0 nitrogen and oxygen atoms in total. The first kappa shape index (κ1) is 20.8. The van der Waals surface area contributed by atoms with E-state index in [2.05, 4.69) is 85.9 Å². The summed E-state index contributed by atoms with van der Waals surface area (Å²) >= 11 is 12.9. The Morgan fingerprint density at radius 1 is 0.625 bits per heavy atom. The highest BCUT2D eigenvalue weighted by Gasteiger charge is 2.12. The normalized spacial score (nSPS) is 13.6. The third kappa shape index (κ3) is 8.28. The summed E-state index contributed by atoms with van der Waals surface area (Å²) in [4.78, 5) is 2.66. The van der Waals surface area contributed by atoms with Crippen LogP contribution in [0.25, 0.3) is 0 Å². The van der Waals surface area contributed by atoms with E-state index in [-0.39, 0.29) is 0 Å². The van der Waals surface area contributed by atoms with Crippen molar-refractivity contribution in [3.63, 3.8) is 0 Å². The van der Waals surface area contributed by atoms with Crippen molar-refractivity contribution in [1.29, 1.82) is 0 Å². The number of hydrogen-bond donors (Lipinski definition) is 2. The smallest absolute Gasteiger partial charge is 0.0281 e. The van der Waals surface area contributed by atoms with Gasteiger partial charge in [0.1, 0.15) is 0 Å². The maximum absolute atomic E-state index is 4.51. The van der Waals surface area contributed by atoms with E-state index in [4.69, 9.17) is 0 Å². The van der Waals surface area contributed by atoms with Crippen molar-refractivity contribution in [2.75, 3.05) is 23.0 Å². The Labute approximate surface area is 173 Å². The molecule has 0 heterocycles. The molecule has 2 unspecified atom stereocenters. The van der Waals surface area contributed by atoms with E-state index in [0.717, 1.165) is 23.0 Å². The van der Waals surface area contributed by atoms with Crippen molar-refractivity contribution in [2.45, 2.75) is 20.3 Å². The second-order valence-electron chi connectivity index (χ2n) is 5.04. The van der Waals surface area contributed by atoms with Gasteiger partial charge in [0.25, 0.3) is 0 Å². The maximum atomic E-state index is 4.51. The minimum Gasteiger partial charge on any atom is -0.178 e. The van der Waals surface area contributed by atoms with Gasteiger partial charge in [0.15, 0.2) is 0 Å². The lowest BCUT2D eigenvalue weighted by atomic mass is 10.4. The van der Waals surface area contributed by atoms with E-state index in [1.54, 1.807) is 0 Å². The van der Waals surface area contributed by atoms with Gasteiger partial charge in [0, 0.05) is 43.3 Å². The standard InChI is InChI=1S/C18H22S6/c19-11-17(23-15-7-3-1-4-8-15)13-21-22-14-18(12-20)24-16-9-5-2-6-10-16/h1-10,17-20H,11-14H2. The molecule has 0 aliphatic rings. The molecule has 0 aromatic heterocycles. The summed E-state index contributed by atoms with van der Waals surface area (Å²) in [7, 11) is 3.92. The zero-order valence-corrected chi connectivity index (χ0v) is 18.3. The molecule has 2 aromatic rings. The van der Waals surface area contributed by atoms with Crippen molar-refractivity contribution in [1.82, 2.24) is 0 Å². The summed E-state index contributed by atoms with van der Waals surface area (Å²) in [6.45, 7) is 0. The number of thiol groups is 2. The fourth-order valence-corrected chi connectivity index (χ4v) is 8.25. The van der Waals surface area contributed by atoms with Gasteiger partial charge in [-0.2, -0.15) is 25.3 Å². The first-order chi connectivity index (χ1) is 11.8. The van der Waals surface area contributed by atoms with Gasteiger partial charge in [0.05, 0.1) is 0 Å². The van der Waals surface area contributed by atoms with Gasteiger partial charge >= 0.3 is 0 Å². The van der Waals surface area contributed by atoms with E-state index >= 15 is 0 Å². The second-order valence-corrected chi connectivity index (χ2v) is 11.1. The Hall–Kier alpha value is 0.540. The van der Waals surface area contributed by atoms with Gasteiger partial charge < -0.3 is 0 Å². The molecule has 2 rings (SSSR count). The number of rotatable bonds is 11. The Bertz CT molecular complexity index is 496. The predicted molar refractivity (Wildman–Crippen MR) is 125 cm³/mol. The highest BCUT2D eigenvalue weighted by molar-refractivity contribution is 8.76. The average Bonchev–Trinajstić information content (AvgIpc) is 2.64. The van der Waals surface area contributed by atoms with Crippen LogP contribution in [-0.2, 0) is 0 Å². The highest BCUT2D eigenvalue weighted by Crippen LogP contribution is 2.34. The minimum atomic E-state index is 0.546. The van der Waals surface area contributed by atoms with Crippen molar-refractivity contribution < 1.29 is 0 Å². The van der Waals surface area contributed by atoms with Crippen LogP contribution in [0.15, 0.2) is 70.5 Å². The zero-order valence-electron chi connectivity index (χ0n) is 13.3. The van der Waals surface area contributed by atoms with E-state index in [1.165, 1.54) is 9.79 Å². The first-order valence-corrected chi connectivity index (χ1v) is 13.2. The van der Waals surface area contributed by atoms with Gasteiger partial charge in [-0.15, -0.1) is 23.5 Å². The molecular weight excluding hydrogens is 409 g/mol. The molecule has 24 heavy (non-hydrogen) atoms. The van der Waals surface area contributed by atoms with Crippen molar-refractivity contribution in [2.24, 2.45) is 0 Å². The Morgan fingerprint density at radius 2 is 1.00 bits per heavy atom. The van der Waals surface area contributed by atoms with Crippen molar-refractivity contribution in [3.05, 3.63) is 60.7 Å². The summed E-state index contributed by atoms with van der Waals surface area (Å²) < 4.78 is 0. The molecule has 2 aromatic carbocycles. The van der Waals surface area contributed by atoms with Crippen LogP contribution >= 0.6 is 70.4 Å². The topological polar surface area (TPSA) is 0 Å². The van der Waals surface area contributed by atoms with Crippen molar-refractivity contribution >= 4 is 70.4 Å². The minimum absolute atomic E-state index is 0.546. The fourth-order valence-electron chi connectivity index (χ4n) is 1.88. The largest absolute Gasteiger partial charge is 0.178 e. The molecule has 0 N–H and O–H groups in total. The lowest BCUT2D eigenvalue weighted by molar-refractivity contribution is 1.15. The van der Waals surface area contributed by atoms with Gasteiger partial charge in [0.2, 0.25) is 0 Å². The molecule has 0 radical (unpaired) electrons. The zero-order chi connectivity index (χ0) is 17.0. The Morgan fingerprint density at radius 3 is 1.33 bits per heavy atom. The molecule has 0 saturated heterocycles. The van der Waals surface area contributed by atoms with Crippen LogP contribution in [0.5, 0.6) is 0 Å². The summed E-state index contributed by atoms with van der Waals surface area (Å²) in [6, 6.07) is 21.2. The summed E-state index contributed by atoms with van der Waals surface area (Å²) in [5, 5.41) is 1.09. The van der Waals surface area contributed by atoms with Gasteiger partial charge in [-0.25, -0.2) is 0 Å². The van der Waals surface area contributed by atoms with Crippen LogP contribution < -0.4 is 0 Å². The molecule has 0 aliphatic heterocycles. The molecule has 0 fully saturated rings. The summed E-state index contributed by atoms with van der Waals surface area (Å²) in [5.74, 6) is 4.04. The number of hydrogen-bond acceptors (Lipinski definition) is 6. The SMILES string of the molecule is SCC(CSSCC(CS)Sc1ccccc1)Sc1ccccc1. The first-order valence-electron chi connectivity index (χ1n) is 7.71. The predicted octanol–water partition coefficient (Wildman–Crippen LogP) is 6.55. The second kappa shape index (κ2) is 12.8. The molecule has 6 heteroatoms. The van der Waals surface area contributed by atoms with E-state index < -0.39 is 0 Å². The summed E-state index contributed by atoms with van der Waals surface area (Å²) in [5.41, 5.74) is 0. The van der Waals surface area contributed by atoms with Gasteiger partial charge in [-0.3, -0.25) is 0 Å². The number of benzene rings is 2. The highest BCUT2D eigenvalue weighted by atomic mass is 33.1. The maximum Gasteiger partial charge on any atom is 0.0281 e. The molecule has 0 saturated carbocycles. The van der Waals surface area contributed by atoms with Crippen LogP contribution in [0, 0.1) is 0 Å². The van der Waals surface area contributed by atoms with Crippen LogP contribution in [0.1, 0.15) is 0 Å². The van der Waals surface area contributed by atoms with Gasteiger partial charge in [-0.1, -0.05) is 58.0 Å². The molecular formula is C18H22S6. The summed E-state index contributed by atoms with van der Waals surface area (Å²) in [6.07, 6.45) is 0. The number of thioether (sulfide) groups is 2. The van der Waals surface area contributed by atoms with Crippen LogP contribution in [0.3, 0.4) is 0 Å². The molecule has 0 aliphatic carbocycles. The monoisotopic (exact) mass is 430 g/mol. The Balaban J connectivity index is 1.68. The quantitative estimate of drug-likeness (QED) is 0.179.